The maximum atomic E-state index is 13.1. The van der Waals surface area contributed by atoms with Crippen LogP contribution in [0.25, 0.3) is 11.0 Å². The van der Waals surface area contributed by atoms with Crippen molar-refractivity contribution in [3.63, 3.8) is 0 Å². The smallest absolute Gasteiger partial charge is 0.241 e. The van der Waals surface area contributed by atoms with Crippen molar-refractivity contribution in [3.8, 4) is 0 Å². The van der Waals surface area contributed by atoms with E-state index in [0.29, 0.717) is 11.3 Å². The molecule has 1 N–H and O–H groups in total. The molecule has 1 atom stereocenters. The number of benzene rings is 2. The minimum atomic E-state index is -0.301. The van der Waals surface area contributed by atoms with E-state index in [1.54, 1.807) is 6.07 Å². The van der Waals surface area contributed by atoms with Crippen LogP contribution in [0.15, 0.2) is 59.0 Å². The summed E-state index contributed by atoms with van der Waals surface area (Å²) in [6.45, 7) is 7.93. The third-order valence-corrected chi connectivity index (χ3v) is 5.96. The highest BCUT2D eigenvalue weighted by atomic mass is 16.3. The van der Waals surface area contributed by atoms with Gasteiger partial charge in [-0.2, -0.15) is 0 Å². The second-order valence-corrected chi connectivity index (χ2v) is 8.18. The van der Waals surface area contributed by atoms with Crippen LogP contribution in [0, 0.1) is 0 Å². The van der Waals surface area contributed by atoms with Crippen LogP contribution in [-0.4, -0.2) is 53.7 Å². The third kappa shape index (κ3) is 4.86. The minimum Gasteiger partial charge on any atom is -0.451 e. The number of carbonyl (C=O) groups is 2. The number of carbonyl (C=O) groups excluding carboxylic acids is 2. The van der Waals surface area contributed by atoms with E-state index in [0.717, 1.165) is 44.5 Å². The topological polar surface area (TPSA) is 65.8 Å². The summed E-state index contributed by atoms with van der Waals surface area (Å²) in [6, 6.07) is 17.6. The normalized spacial score (nSPS) is 16.7. The van der Waals surface area contributed by atoms with Crippen molar-refractivity contribution in [1.82, 2.24) is 9.80 Å². The monoisotopic (exact) mass is 419 g/mol. The highest BCUT2D eigenvalue weighted by Gasteiger charge is 2.27. The van der Waals surface area contributed by atoms with E-state index in [1.807, 2.05) is 31.2 Å². The van der Waals surface area contributed by atoms with Gasteiger partial charge in [0.15, 0.2) is 11.5 Å². The van der Waals surface area contributed by atoms with Gasteiger partial charge in [-0.15, -0.1) is 0 Å². The third-order valence-electron chi connectivity index (χ3n) is 5.96. The van der Waals surface area contributed by atoms with Crippen LogP contribution < -0.4 is 5.32 Å². The van der Waals surface area contributed by atoms with Crippen molar-refractivity contribution in [1.29, 1.82) is 0 Å². The molecule has 4 rings (SSSR count). The van der Waals surface area contributed by atoms with E-state index in [-0.39, 0.29) is 23.5 Å². The van der Waals surface area contributed by atoms with Crippen molar-refractivity contribution in [2.75, 3.05) is 31.5 Å². The Morgan fingerprint density at radius 1 is 1.00 bits per heavy atom. The van der Waals surface area contributed by atoms with Crippen molar-refractivity contribution >= 4 is 28.3 Å². The summed E-state index contributed by atoms with van der Waals surface area (Å²) in [5, 5.41) is 3.72. The molecule has 1 unspecified atom stereocenters. The molecule has 1 saturated heterocycles. The molecule has 2 aromatic carbocycles. The van der Waals surface area contributed by atoms with Crippen LogP contribution in [0.2, 0.25) is 0 Å². The fourth-order valence-electron chi connectivity index (χ4n) is 4.19. The molecule has 0 aliphatic carbocycles. The summed E-state index contributed by atoms with van der Waals surface area (Å²) in [5.41, 5.74) is 2.38. The van der Waals surface area contributed by atoms with Gasteiger partial charge in [-0.1, -0.05) is 42.5 Å². The summed E-state index contributed by atoms with van der Waals surface area (Å²) >= 11 is 0. The Morgan fingerprint density at radius 3 is 2.52 bits per heavy atom. The summed E-state index contributed by atoms with van der Waals surface area (Å²) < 4.78 is 5.69. The van der Waals surface area contributed by atoms with Gasteiger partial charge in [0.25, 0.3) is 0 Å². The first-order valence-electron chi connectivity index (χ1n) is 10.9. The first kappa shape index (κ1) is 21.3. The van der Waals surface area contributed by atoms with Crippen molar-refractivity contribution in [3.05, 3.63) is 65.9 Å². The first-order chi connectivity index (χ1) is 15.0. The zero-order valence-electron chi connectivity index (χ0n) is 18.1. The van der Waals surface area contributed by atoms with E-state index in [9.17, 15) is 9.59 Å². The van der Waals surface area contributed by atoms with Gasteiger partial charge < -0.3 is 9.73 Å². The standard InChI is InChI=1S/C25H29N3O3/c1-18(28-14-8-13-27(15-16-28)17-20-9-4-3-5-10-20)25(30)26-23-21-11-6-7-12-22(21)31-24(23)19(2)29/h3-7,9-12,18H,8,13-17H2,1-2H3,(H,26,30). The zero-order valence-corrected chi connectivity index (χ0v) is 18.1. The van der Waals surface area contributed by atoms with Crippen LogP contribution in [0.5, 0.6) is 0 Å². The van der Waals surface area contributed by atoms with E-state index in [2.05, 4.69) is 39.4 Å². The van der Waals surface area contributed by atoms with Crippen LogP contribution in [0.1, 0.15) is 36.4 Å². The predicted molar refractivity (Wildman–Crippen MR) is 122 cm³/mol. The maximum Gasteiger partial charge on any atom is 0.241 e. The lowest BCUT2D eigenvalue weighted by molar-refractivity contribution is -0.120. The van der Waals surface area contributed by atoms with Crippen molar-refractivity contribution in [2.24, 2.45) is 0 Å². The second kappa shape index (κ2) is 9.45. The number of ketones is 1. The number of anilines is 1. The number of Topliss-reactive ketones (excluding diaryl/α,β-unsaturated/α-hetero) is 1. The summed E-state index contributed by atoms with van der Waals surface area (Å²) in [6.07, 6.45) is 1.01. The van der Waals surface area contributed by atoms with Gasteiger partial charge in [-0.05, 0) is 37.6 Å². The Bertz CT molecular complexity index is 1060. The number of para-hydroxylation sites is 1. The molecule has 1 aromatic heterocycles. The Labute approximate surface area is 182 Å². The number of hydrogen-bond donors (Lipinski definition) is 1. The van der Waals surface area contributed by atoms with Crippen LogP contribution in [-0.2, 0) is 11.3 Å². The maximum absolute atomic E-state index is 13.1. The first-order valence-corrected chi connectivity index (χ1v) is 10.9. The second-order valence-electron chi connectivity index (χ2n) is 8.18. The van der Waals surface area contributed by atoms with Crippen LogP contribution in [0.3, 0.4) is 0 Å². The van der Waals surface area contributed by atoms with Crippen molar-refractivity contribution < 1.29 is 14.0 Å². The molecule has 0 radical (unpaired) electrons. The molecule has 0 spiro atoms. The number of hydrogen-bond acceptors (Lipinski definition) is 5. The van der Waals surface area contributed by atoms with Gasteiger partial charge in [-0.25, -0.2) is 0 Å². The van der Waals surface area contributed by atoms with Gasteiger partial charge in [0, 0.05) is 38.5 Å². The fraction of sp³-hybridized carbons (Fsp3) is 0.360. The molecular weight excluding hydrogens is 390 g/mol. The Hall–Kier alpha value is -2.96. The molecular formula is C25H29N3O3. The number of nitrogens with one attached hydrogen (secondary N) is 1. The number of fused-ring (bicyclic) bond motifs is 1. The molecule has 6 nitrogen and oxygen atoms in total. The molecule has 2 heterocycles. The molecule has 0 saturated carbocycles. The van der Waals surface area contributed by atoms with Gasteiger partial charge in [0.05, 0.1) is 11.7 Å². The average Bonchev–Trinajstić information content (AvgIpc) is 2.98. The quantitative estimate of drug-likeness (QED) is 0.608. The molecule has 1 aliphatic rings. The molecule has 162 valence electrons. The molecule has 31 heavy (non-hydrogen) atoms. The molecule has 0 bridgehead atoms. The van der Waals surface area contributed by atoms with E-state index >= 15 is 0 Å². The minimum absolute atomic E-state index is 0.120. The summed E-state index contributed by atoms with van der Waals surface area (Å²) in [4.78, 5) is 29.8. The highest BCUT2D eigenvalue weighted by molar-refractivity contribution is 6.11. The number of amides is 1. The number of furan rings is 1. The fourth-order valence-corrected chi connectivity index (χ4v) is 4.19. The highest BCUT2D eigenvalue weighted by Crippen LogP contribution is 2.31. The molecule has 1 fully saturated rings. The zero-order chi connectivity index (χ0) is 21.8. The molecule has 6 heteroatoms. The lowest BCUT2D eigenvalue weighted by Crippen LogP contribution is -2.44. The lowest BCUT2D eigenvalue weighted by Gasteiger charge is -2.27. The van der Waals surface area contributed by atoms with Crippen molar-refractivity contribution in [2.45, 2.75) is 32.9 Å². The Morgan fingerprint density at radius 2 is 1.74 bits per heavy atom. The van der Waals surface area contributed by atoms with Gasteiger partial charge in [0.2, 0.25) is 5.91 Å². The van der Waals surface area contributed by atoms with Gasteiger partial charge in [0.1, 0.15) is 5.58 Å². The largest absolute Gasteiger partial charge is 0.451 e. The van der Waals surface area contributed by atoms with Gasteiger partial charge >= 0.3 is 0 Å². The Balaban J connectivity index is 1.42. The number of nitrogens with zero attached hydrogens (tertiary/aromatic N) is 2. The van der Waals surface area contributed by atoms with E-state index < -0.39 is 0 Å². The van der Waals surface area contributed by atoms with E-state index in [4.69, 9.17) is 4.42 Å². The van der Waals surface area contributed by atoms with E-state index in [1.165, 1.54) is 12.5 Å². The molecule has 1 amide bonds. The summed E-state index contributed by atoms with van der Waals surface area (Å²) in [5.74, 6) is -0.123. The Kier molecular flexibility index (Phi) is 6.49. The van der Waals surface area contributed by atoms with Crippen LogP contribution >= 0.6 is 0 Å². The predicted octanol–water partition coefficient (Wildman–Crippen LogP) is 4.17. The molecule has 3 aromatic rings. The van der Waals surface area contributed by atoms with Gasteiger partial charge in [-0.3, -0.25) is 19.4 Å². The lowest BCUT2D eigenvalue weighted by atomic mass is 10.1. The SMILES string of the molecule is CC(=O)c1oc2ccccc2c1NC(=O)C(C)N1CCCN(Cc2ccccc2)CC1. The van der Waals surface area contributed by atoms with Crippen LogP contribution in [0.4, 0.5) is 5.69 Å². The average molecular weight is 420 g/mol. The molecule has 1 aliphatic heterocycles. The number of rotatable bonds is 6. The summed E-state index contributed by atoms with van der Waals surface area (Å²) in [7, 11) is 0.